The van der Waals surface area contributed by atoms with Crippen molar-refractivity contribution < 1.29 is 14.7 Å². The van der Waals surface area contributed by atoms with Gasteiger partial charge in [0.05, 0.1) is 6.04 Å². The molecule has 0 aromatic heterocycles. The summed E-state index contributed by atoms with van der Waals surface area (Å²) in [5.41, 5.74) is 5.33. The second-order valence-electron chi connectivity index (χ2n) is 2.58. The van der Waals surface area contributed by atoms with Crippen LogP contribution in [-0.4, -0.2) is 29.1 Å². The standard InChI is InChI=1S/C8H12N2O3/c1-3-4-6(9)7(11)10-5(2)8(12)13/h1,5-6H,4,9H2,2H3,(H,10,11)(H,12,13)/t5-,6+/m0/s1. The lowest BCUT2D eigenvalue weighted by molar-refractivity contribution is -0.141. The van der Waals surface area contributed by atoms with E-state index in [0.717, 1.165) is 0 Å². The normalized spacial score (nSPS) is 13.9. The Bertz CT molecular complexity index is 244. The van der Waals surface area contributed by atoms with Crippen molar-refractivity contribution in [3.63, 3.8) is 0 Å². The fraction of sp³-hybridized carbons (Fsp3) is 0.500. The number of hydrogen-bond acceptors (Lipinski definition) is 3. The Hall–Kier alpha value is -1.54. The van der Waals surface area contributed by atoms with E-state index in [1.165, 1.54) is 6.92 Å². The zero-order chi connectivity index (χ0) is 10.4. The Balaban J connectivity index is 4.01. The zero-order valence-electron chi connectivity index (χ0n) is 7.28. The van der Waals surface area contributed by atoms with Crippen molar-refractivity contribution in [3.8, 4) is 12.3 Å². The highest BCUT2D eigenvalue weighted by molar-refractivity contribution is 5.86. The molecular weight excluding hydrogens is 172 g/mol. The van der Waals surface area contributed by atoms with Crippen LogP contribution < -0.4 is 11.1 Å². The second kappa shape index (κ2) is 5.17. The molecule has 0 radical (unpaired) electrons. The number of carbonyl (C=O) groups excluding carboxylic acids is 1. The number of nitrogens with one attached hydrogen (secondary N) is 1. The number of hydrogen-bond donors (Lipinski definition) is 3. The van der Waals surface area contributed by atoms with Gasteiger partial charge in [0.2, 0.25) is 5.91 Å². The van der Waals surface area contributed by atoms with Gasteiger partial charge in [0.1, 0.15) is 6.04 Å². The number of carbonyl (C=O) groups is 2. The predicted molar refractivity (Wildman–Crippen MR) is 46.7 cm³/mol. The van der Waals surface area contributed by atoms with Crippen molar-refractivity contribution in [2.24, 2.45) is 5.73 Å². The highest BCUT2D eigenvalue weighted by Crippen LogP contribution is 1.88. The molecule has 0 spiro atoms. The van der Waals surface area contributed by atoms with E-state index >= 15 is 0 Å². The minimum Gasteiger partial charge on any atom is -0.480 e. The Kier molecular flexibility index (Phi) is 4.55. The molecule has 0 aromatic rings. The first-order chi connectivity index (χ1) is 5.99. The summed E-state index contributed by atoms with van der Waals surface area (Å²) in [6.45, 7) is 1.35. The minimum atomic E-state index is -1.11. The summed E-state index contributed by atoms with van der Waals surface area (Å²) in [4.78, 5) is 21.4. The molecule has 0 unspecified atom stereocenters. The van der Waals surface area contributed by atoms with Crippen molar-refractivity contribution in [1.29, 1.82) is 0 Å². The lowest BCUT2D eigenvalue weighted by Gasteiger charge is -2.12. The van der Waals surface area contributed by atoms with E-state index in [0.29, 0.717) is 0 Å². The van der Waals surface area contributed by atoms with Crippen LogP contribution in [0.25, 0.3) is 0 Å². The smallest absolute Gasteiger partial charge is 0.325 e. The van der Waals surface area contributed by atoms with Gasteiger partial charge in [0, 0.05) is 6.42 Å². The molecule has 13 heavy (non-hydrogen) atoms. The van der Waals surface area contributed by atoms with E-state index in [4.69, 9.17) is 17.3 Å². The maximum Gasteiger partial charge on any atom is 0.325 e. The van der Waals surface area contributed by atoms with Crippen LogP contribution in [0.3, 0.4) is 0 Å². The van der Waals surface area contributed by atoms with Gasteiger partial charge in [0.15, 0.2) is 0 Å². The maximum atomic E-state index is 11.1. The highest BCUT2D eigenvalue weighted by Gasteiger charge is 2.18. The van der Waals surface area contributed by atoms with Crippen molar-refractivity contribution in [2.75, 3.05) is 0 Å². The van der Waals surface area contributed by atoms with Gasteiger partial charge in [-0.1, -0.05) is 0 Å². The van der Waals surface area contributed by atoms with Crippen LogP contribution in [0.2, 0.25) is 0 Å². The predicted octanol–water partition coefficient (Wildman–Crippen LogP) is -1.07. The molecule has 0 saturated heterocycles. The lowest BCUT2D eigenvalue weighted by atomic mass is 10.2. The molecule has 5 heteroatoms. The zero-order valence-corrected chi connectivity index (χ0v) is 7.28. The van der Waals surface area contributed by atoms with Crippen LogP contribution in [0.5, 0.6) is 0 Å². The van der Waals surface area contributed by atoms with Gasteiger partial charge < -0.3 is 16.2 Å². The summed E-state index contributed by atoms with van der Waals surface area (Å²) in [5, 5.41) is 10.7. The van der Waals surface area contributed by atoms with Crippen LogP contribution in [0.4, 0.5) is 0 Å². The second-order valence-corrected chi connectivity index (χ2v) is 2.58. The monoisotopic (exact) mass is 184 g/mol. The van der Waals surface area contributed by atoms with Gasteiger partial charge in [-0.2, -0.15) is 0 Å². The highest BCUT2D eigenvalue weighted by atomic mass is 16.4. The lowest BCUT2D eigenvalue weighted by Crippen LogP contribution is -2.46. The third kappa shape index (κ3) is 4.13. The first-order valence-electron chi connectivity index (χ1n) is 3.71. The Morgan fingerprint density at radius 1 is 1.69 bits per heavy atom. The molecule has 0 aliphatic rings. The summed E-state index contributed by atoms with van der Waals surface area (Å²) >= 11 is 0. The largest absolute Gasteiger partial charge is 0.480 e. The minimum absolute atomic E-state index is 0.0954. The first kappa shape index (κ1) is 11.5. The molecule has 0 aliphatic heterocycles. The molecule has 72 valence electrons. The van der Waals surface area contributed by atoms with Gasteiger partial charge in [-0.05, 0) is 6.92 Å². The Morgan fingerprint density at radius 2 is 2.23 bits per heavy atom. The molecule has 5 nitrogen and oxygen atoms in total. The number of aliphatic carboxylic acids is 1. The number of carboxylic acids is 1. The summed E-state index contributed by atoms with van der Waals surface area (Å²) < 4.78 is 0. The van der Waals surface area contributed by atoms with E-state index in [1.54, 1.807) is 0 Å². The molecule has 0 aromatic carbocycles. The van der Waals surface area contributed by atoms with Crippen molar-refractivity contribution in [1.82, 2.24) is 5.32 Å². The molecule has 0 rings (SSSR count). The van der Waals surface area contributed by atoms with Crippen molar-refractivity contribution >= 4 is 11.9 Å². The molecule has 1 amide bonds. The molecular formula is C8H12N2O3. The molecule has 2 atom stereocenters. The number of carboxylic acid groups (broad SMARTS) is 1. The fourth-order valence-corrected chi connectivity index (χ4v) is 0.602. The SMILES string of the molecule is C#CC[C@@H](N)C(=O)N[C@@H](C)C(=O)O. The van der Waals surface area contributed by atoms with Gasteiger partial charge >= 0.3 is 5.97 Å². The average Bonchev–Trinajstić information content (AvgIpc) is 2.04. The summed E-state index contributed by atoms with van der Waals surface area (Å²) in [7, 11) is 0. The molecule has 4 N–H and O–H groups in total. The van der Waals surface area contributed by atoms with Gasteiger partial charge in [0.25, 0.3) is 0 Å². The maximum absolute atomic E-state index is 11.1. The quantitative estimate of drug-likeness (QED) is 0.485. The van der Waals surface area contributed by atoms with Crippen LogP contribution in [0.15, 0.2) is 0 Å². The van der Waals surface area contributed by atoms with Crippen LogP contribution >= 0.6 is 0 Å². The molecule has 0 fully saturated rings. The topological polar surface area (TPSA) is 92.4 Å². The van der Waals surface area contributed by atoms with E-state index in [2.05, 4.69) is 11.2 Å². The number of nitrogens with two attached hydrogens (primary N) is 1. The summed E-state index contributed by atoms with van der Waals surface area (Å²) in [5.74, 6) is 0.559. The van der Waals surface area contributed by atoms with Crippen LogP contribution in [0, 0.1) is 12.3 Å². The molecule has 0 bridgehead atoms. The first-order valence-corrected chi connectivity index (χ1v) is 3.71. The van der Waals surface area contributed by atoms with Crippen molar-refractivity contribution in [3.05, 3.63) is 0 Å². The Morgan fingerprint density at radius 3 is 2.62 bits per heavy atom. The fourth-order valence-electron chi connectivity index (χ4n) is 0.602. The summed E-state index contributed by atoms with van der Waals surface area (Å²) in [6.07, 6.45) is 5.03. The van der Waals surface area contributed by atoms with Crippen molar-refractivity contribution in [2.45, 2.75) is 25.4 Å². The molecule has 0 heterocycles. The number of amides is 1. The van der Waals surface area contributed by atoms with Gasteiger partial charge in [-0.3, -0.25) is 9.59 Å². The van der Waals surface area contributed by atoms with Gasteiger partial charge in [-0.25, -0.2) is 0 Å². The van der Waals surface area contributed by atoms with E-state index in [9.17, 15) is 9.59 Å². The third-order valence-electron chi connectivity index (χ3n) is 1.40. The molecule has 0 saturated carbocycles. The third-order valence-corrected chi connectivity index (χ3v) is 1.40. The average molecular weight is 184 g/mol. The van der Waals surface area contributed by atoms with Crippen LogP contribution in [-0.2, 0) is 9.59 Å². The van der Waals surface area contributed by atoms with E-state index in [1.807, 2.05) is 0 Å². The van der Waals surface area contributed by atoms with Crippen LogP contribution in [0.1, 0.15) is 13.3 Å². The number of terminal acetylenes is 1. The van der Waals surface area contributed by atoms with Gasteiger partial charge in [-0.15, -0.1) is 12.3 Å². The Labute approximate surface area is 76.3 Å². The summed E-state index contributed by atoms with van der Waals surface area (Å²) in [6, 6.07) is -1.79. The molecule has 0 aliphatic carbocycles. The van der Waals surface area contributed by atoms with E-state index < -0.39 is 24.0 Å². The number of rotatable bonds is 4. The van der Waals surface area contributed by atoms with E-state index in [-0.39, 0.29) is 6.42 Å².